The molecule has 0 fully saturated rings. The number of amides is 1. The second kappa shape index (κ2) is 6.61. The van der Waals surface area contributed by atoms with E-state index < -0.39 is 17.9 Å². The normalized spacial score (nSPS) is 12.3. The van der Waals surface area contributed by atoms with Crippen molar-refractivity contribution in [3.05, 3.63) is 22.7 Å². The van der Waals surface area contributed by atoms with Gasteiger partial charge in [-0.15, -0.1) is 5.10 Å². The van der Waals surface area contributed by atoms with E-state index in [2.05, 4.69) is 36.3 Å². The summed E-state index contributed by atoms with van der Waals surface area (Å²) >= 11 is 3.24. The number of nitrogens with one attached hydrogen (secondary N) is 1. The molecule has 0 bridgehead atoms. The molecule has 0 saturated carbocycles. The van der Waals surface area contributed by atoms with Crippen LogP contribution in [0, 0.1) is 0 Å². The molecule has 0 spiro atoms. The number of fused-ring (bicyclic) bond motifs is 1. The molecule has 2 aromatic heterocycles. The van der Waals surface area contributed by atoms with Gasteiger partial charge in [-0.05, 0) is 22.4 Å². The zero-order chi connectivity index (χ0) is 15.4. The largest absolute Gasteiger partial charge is 0.480 e. The van der Waals surface area contributed by atoms with Gasteiger partial charge in [0.2, 0.25) is 5.82 Å². The van der Waals surface area contributed by atoms with Gasteiger partial charge in [0.15, 0.2) is 0 Å². The summed E-state index contributed by atoms with van der Waals surface area (Å²) in [6.07, 6.45) is 5.08. The first-order valence-electron chi connectivity index (χ1n) is 6.43. The highest BCUT2D eigenvalue weighted by Gasteiger charge is 2.22. The van der Waals surface area contributed by atoms with Gasteiger partial charge in [-0.25, -0.2) is 14.3 Å². The number of carboxylic acids is 1. The monoisotopic (exact) mass is 355 g/mol. The third-order valence-electron chi connectivity index (χ3n) is 2.82. The van der Waals surface area contributed by atoms with Crippen molar-refractivity contribution < 1.29 is 14.7 Å². The number of carboxylic acid groups (broad SMARTS) is 1. The first kappa shape index (κ1) is 15.4. The van der Waals surface area contributed by atoms with Crippen LogP contribution in [0.1, 0.15) is 36.8 Å². The molecule has 8 nitrogen and oxygen atoms in total. The molecule has 0 aliphatic heterocycles. The molecule has 2 heterocycles. The molecular formula is C12H14BrN5O3. The highest BCUT2D eigenvalue weighted by molar-refractivity contribution is 9.10. The van der Waals surface area contributed by atoms with Gasteiger partial charge >= 0.3 is 5.97 Å². The molecule has 0 aliphatic carbocycles. The highest BCUT2D eigenvalue weighted by Crippen LogP contribution is 2.08. The number of carbonyl (C=O) groups is 2. The zero-order valence-corrected chi connectivity index (χ0v) is 12.9. The van der Waals surface area contributed by atoms with E-state index in [0.717, 1.165) is 6.42 Å². The van der Waals surface area contributed by atoms with Crippen molar-refractivity contribution in [1.82, 2.24) is 24.9 Å². The van der Waals surface area contributed by atoms with E-state index in [1.165, 1.54) is 10.7 Å². The van der Waals surface area contributed by atoms with Crippen molar-refractivity contribution in [2.24, 2.45) is 0 Å². The van der Waals surface area contributed by atoms with Crippen molar-refractivity contribution in [3.8, 4) is 0 Å². The molecule has 0 saturated heterocycles. The van der Waals surface area contributed by atoms with Crippen LogP contribution in [0.3, 0.4) is 0 Å². The van der Waals surface area contributed by atoms with Gasteiger partial charge in [-0.3, -0.25) is 4.79 Å². The molecule has 2 rings (SSSR count). The summed E-state index contributed by atoms with van der Waals surface area (Å²) in [6, 6.07) is -0.941. The predicted octanol–water partition coefficient (Wildman–Crippen LogP) is 1.26. The van der Waals surface area contributed by atoms with Crippen LogP contribution >= 0.6 is 15.9 Å². The molecule has 0 aromatic carbocycles. The summed E-state index contributed by atoms with van der Waals surface area (Å²) in [5.74, 6) is -1.53. The minimum absolute atomic E-state index is 0.108. The molecule has 0 aliphatic rings. The van der Waals surface area contributed by atoms with Gasteiger partial charge in [0.1, 0.15) is 6.04 Å². The van der Waals surface area contributed by atoms with Gasteiger partial charge in [0.05, 0.1) is 4.47 Å². The van der Waals surface area contributed by atoms with Gasteiger partial charge in [-0.2, -0.15) is 4.98 Å². The van der Waals surface area contributed by atoms with Gasteiger partial charge in [-0.1, -0.05) is 19.8 Å². The minimum Gasteiger partial charge on any atom is -0.480 e. The second-order valence-corrected chi connectivity index (χ2v) is 5.37. The number of hydrogen-bond donors (Lipinski definition) is 2. The summed E-state index contributed by atoms with van der Waals surface area (Å²) in [7, 11) is 0. The minimum atomic E-state index is -1.07. The molecular weight excluding hydrogens is 342 g/mol. The van der Waals surface area contributed by atoms with Crippen molar-refractivity contribution in [1.29, 1.82) is 0 Å². The Morgan fingerprint density at radius 3 is 2.95 bits per heavy atom. The van der Waals surface area contributed by atoms with Crippen LogP contribution in [-0.4, -0.2) is 42.6 Å². The first-order valence-corrected chi connectivity index (χ1v) is 7.22. The maximum atomic E-state index is 12.0. The SMILES string of the molecule is CCCCC(NC(=O)c1nc2ncc(Br)cn2n1)C(=O)O. The Kier molecular flexibility index (Phi) is 4.84. The summed E-state index contributed by atoms with van der Waals surface area (Å²) < 4.78 is 2.04. The molecule has 1 amide bonds. The Hall–Kier alpha value is -2.03. The average Bonchev–Trinajstić information content (AvgIpc) is 2.85. The van der Waals surface area contributed by atoms with Crippen LogP contribution in [0.15, 0.2) is 16.9 Å². The Bertz CT molecular complexity index is 672. The highest BCUT2D eigenvalue weighted by atomic mass is 79.9. The number of unbranched alkanes of at least 4 members (excludes halogenated alkanes) is 1. The molecule has 21 heavy (non-hydrogen) atoms. The zero-order valence-electron chi connectivity index (χ0n) is 11.3. The number of hydrogen-bond acceptors (Lipinski definition) is 5. The number of nitrogens with zero attached hydrogens (tertiary/aromatic N) is 4. The van der Waals surface area contributed by atoms with Crippen molar-refractivity contribution in [2.45, 2.75) is 32.2 Å². The van der Waals surface area contributed by atoms with E-state index >= 15 is 0 Å². The second-order valence-electron chi connectivity index (χ2n) is 4.46. The van der Waals surface area contributed by atoms with Crippen molar-refractivity contribution in [3.63, 3.8) is 0 Å². The van der Waals surface area contributed by atoms with E-state index in [-0.39, 0.29) is 11.6 Å². The van der Waals surface area contributed by atoms with Crippen molar-refractivity contribution >= 4 is 33.6 Å². The molecule has 112 valence electrons. The third-order valence-corrected chi connectivity index (χ3v) is 3.22. The fourth-order valence-electron chi connectivity index (χ4n) is 1.74. The topological polar surface area (TPSA) is 109 Å². The lowest BCUT2D eigenvalue weighted by atomic mass is 10.1. The predicted molar refractivity (Wildman–Crippen MR) is 76.9 cm³/mol. The first-order chi connectivity index (χ1) is 10.0. The van der Waals surface area contributed by atoms with E-state index in [4.69, 9.17) is 5.11 Å². The molecule has 2 aromatic rings. The van der Waals surface area contributed by atoms with Gasteiger partial charge < -0.3 is 10.4 Å². The van der Waals surface area contributed by atoms with Crippen molar-refractivity contribution in [2.75, 3.05) is 0 Å². The van der Waals surface area contributed by atoms with Crippen LogP contribution in [0.2, 0.25) is 0 Å². The van der Waals surface area contributed by atoms with Gasteiger partial charge in [0, 0.05) is 12.4 Å². The number of halogens is 1. The number of carbonyl (C=O) groups excluding carboxylic acids is 1. The van der Waals surface area contributed by atoms with Crippen LogP contribution in [0.5, 0.6) is 0 Å². The Morgan fingerprint density at radius 2 is 2.29 bits per heavy atom. The number of aliphatic carboxylic acids is 1. The molecule has 2 N–H and O–H groups in total. The summed E-state index contributed by atoms with van der Waals surface area (Å²) in [4.78, 5) is 31.1. The molecule has 9 heteroatoms. The quantitative estimate of drug-likeness (QED) is 0.807. The molecule has 0 radical (unpaired) electrons. The Balaban J connectivity index is 2.15. The van der Waals surface area contributed by atoms with E-state index in [9.17, 15) is 9.59 Å². The summed E-state index contributed by atoms with van der Waals surface area (Å²) in [6.45, 7) is 1.95. The lowest BCUT2D eigenvalue weighted by molar-refractivity contribution is -0.139. The maximum Gasteiger partial charge on any atom is 0.326 e. The van der Waals surface area contributed by atoms with Crippen LogP contribution < -0.4 is 5.32 Å². The number of aromatic nitrogens is 4. The standard InChI is InChI=1S/C12H14BrN5O3/c1-2-3-4-8(11(20)21)15-10(19)9-16-12-14-5-7(13)6-18(12)17-9/h5-6,8H,2-4H2,1H3,(H,15,19)(H,20,21). The van der Waals surface area contributed by atoms with Gasteiger partial charge in [0.25, 0.3) is 11.7 Å². The molecule has 1 unspecified atom stereocenters. The third kappa shape index (κ3) is 3.75. The van der Waals surface area contributed by atoms with Crippen LogP contribution in [0.4, 0.5) is 0 Å². The maximum absolute atomic E-state index is 12.0. The van der Waals surface area contributed by atoms with Crippen LogP contribution in [0.25, 0.3) is 5.78 Å². The fraction of sp³-hybridized carbons (Fsp3) is 0.417. The summed E-state index contributed by atoms with van der Waals surface area (Å²) in [5.41, 5.74) is 0. The summed E-state index contributed by atoms with van der Waals surface area (Å²) in [5, 5.41) is 15.5. The van der Waals surface area contributed by atoms with E-state index in [1.807, 2.05) is 6.92 Å². The van der Waals surface area contributed by atoms with Crippen LogP contribution in [-0.2, 0) is 4.79 Å². The smallest absolute Gasteiger partial charge is 0.326 e. The van der Waals surface area contributed by atoms with E-state index in [1.54, 1.807) is 6.20 Å². The van der Waals surface area contributed by atoms with E-state index in [0.29, 0.717) is 17.3 Å². The lowest BCUT2D eigenvalue weighted by Crippen LogP contribution is -2.41. The molecule has 1 atom stereocenters. The number of rotatable bonds is 6. The Labute approximate surface area is 128 Å². The average molecular weight is 356 g/mol. The fourth-order valence-corrected chi connectivity index (χ4v) is 2.04. The lowest BCUT2D eigenvalue weighted by Gasteiger charge is -2.12. The Morgan fingerprint density at radius 1 is 1.52 bits per heavy atom.